The van der Waals surface area contributed by atoms with Gasteiger partial charge in [0, 0.05) is 15.6 Å². The van der Waals surface area contributed by atoms with E-state index in [1.165, 1.54) is 0 Å². The van der Waals surface area contributed by atoms with Gasteiger partial charge in [-0.15, -0.1) is 0 Å². The van der Waals surface area contributed by atoms with Crippen LogP contribution < -0.4 is 0 Å². The smallest absolute Gasteiger partial charge is 0.109 e. The highest BCUT2D eigenvalue weighted by molar-refractivity contribution is 6.31. The van der Waals surface area contributed by atoms with Crippen molar-refractivity contribution in [2.75, 3.05) is 0 Å². The summed E-state index contributed by atoms with van der Waals surface area (Å²) in [6, 6.07) is 14.5. The molecule has 0 saturated carbocycles. The lowest BCUT2D eigenvalue weighted by Crippen LogP contribution is -1.95. The van der Waals surface area contributed by atoms with Crippen molar-refractivity contribution in [1.29, 1.82) is 0 Å². The van der Waals surface area contributed by atoms with Crippen LogP contribution >= 0.6 is 23.2 Å². The zero-order valence-corrected chi connectivity index (χ0v) is 11.4. The van der Waals surface area contributed by atoms with Gasteiger partial charge in [-0.05, 0) is 35.9 Å². The molecule has 0 aliphatic rings. The molecule has 1 N–H and O–H groups in total. The summed E-state index contributed by atoms with van der Waals surface area (Å²) in [4.78, 5) is 0. The summed E-state index contributed by atoms with van der Waals surface area (Å²) < 4.78 is 0. The summed E-state index contributed by atoms with van der Waals surface area (Å²) in [6.45, 7) is 0. The number of oxime groups is 1. The van der Waals surface area contributed by atoms with Crippen LogP contribution in [-0.2, 0) is 0 Å². The van der Waals surface area contributed by atoms with Gasteiger partial charge in [0.15, 0.2) is 0 Å². The van der Waals surface area contributed by atoms with Gasteiger partial charge in [-0.2, -0.15) is 0 Å². The van der Waals surface area contributed by atoms with Gasteiger partial charge in [0.1, 0.15) is 5.71 Å². The van der Waals surface area contributed by atoms with Crippen LogP contribution in [0.3, 0.4) is 0 Å². The molecule has 4 heteroatoms. The highest BCUT2D eigenvalue weighted by Crippen LogP contribution is 2.13. The Bertz CT molecular complexity index is 601. The molecule has 0 unspecified atom stereocenters. The third-order valence-electron chi connectivity index (χ3n) is 2.55. The third-order valence-corrected chi connectivity index (χ3v) is 3.06. The van der Waals surface area contributed by atoms with Crippen LogP contribution in [0.25, 0.3) is 6.08 Å². The second kappa shape index (κ2) is 6.41. The highest BCUT2D eigenvalue weighted by atomic mass is 35.5. The van der Waals surface area contributed by atoms with E-state index in [0.29, 0.717) is 15.8 Å². The molecule has 0 aromatic heterocycles. The van der Waals surface area contributed by atoms with Crippen molar-refractivity contribution in [3.05, 3.63) is 75.8 Å². The van der Waals surface area contributed by atoms with E-state index >= 15 is 0 Å². The van der Waals surface area contributed by atoms with E-state index in [4.69, 9.17) is 28.4 Å². The maximum Gasteiger partial charge on any atom is 0.109 e. The van der Waals surface area contributed by atoms with Crippen molar-refractivity contribution in [1.82, 2.24) is 0 Å². The zero-order chi connectivity index (χ0) is 13.7. The van der Waals surface area contributed by atoms with E-state index in [9.17, 15) is 0 Å². The standard InChI is InChI=1S/C15H11Cl2NO/c16-13-6-1-11(2-7-13)3-10-15(18-19)12-4-8-14(17)9-5-12/h1-10,19H/b10-3+,18-15+. The molecule has 2 aromatic rings. The Labute approximate surface area is 121 Å². The Hall–Kier alpha value is -1.77. The minimum Gasteiger partial charge on any atom is -0.410 e. The topological polar surface area (TPSA) is 32.6 Å². The van der Waals surface area contributed by atoms with Gasteiger partial charge in [0.25, 0.3) is 0 Å². The Morgan fingerprint density at radius 3 is 1.95 bits per heavy atom. The first-order chi connectivity index (χ1) is 9.19. The van der Waals surface area contributed by atoms with Crippen molar-refractivity contribution in [2.45, 2.75) is 0 Å². The number of rotatable bonds is 3. The predicted octanol–water partition coefficient (Wildman–Crippen LogP) is 4.89. The zero-order valence-electron chi connectivity index (χ0n) is 9.92. The van der Waals surface area contributed by atoms with E-state index < -0.39 is 0 Å². The highest BCUT2D eigenvalue weighted by Gasteiger charge is 2.00. The predicted molar refractivity (Wildman–Crippen MR) is 80.3 cm³/mol. The number of hydrogen-bond acceptors (Lipinski definition) is 2. The quantitative estimate of drug-likeness (QED) is 0.488. The van der Waals surface area contributed by atoms with Crippen molar-refractivity contribution >= 4 is 35.0 Å². The fourth-order valence-electron chi connectivity index (χ4n) is 1.56. The molecule has 0 aliphatic carbocycles. The first kappa shape index (κ1) is 13.7. The molecular formula is C15H11Cl2NO. The molecule has 0 saturated heterocycles. The van der Waals surface area contributed by atoms with Crippen LogP contribution in [-0.4, -0.2) is 10.9 Å². The number of benzene rings is 2. The molecule has 0 bridgehead atoms. The molecule has 0 radical (unpaired) electrons. The number of nitrogens with zero attached hydrogens (tertiary/aromatic N) is 1. The molecule has 0 aliphatic heterocycles. The summed E-state index contributed by atoms with van der Waals surface area (Å²) in [7, 11) is 0. The van der Waals surface area contributed by atoms with E-state index in [0.717, 1.165) is 11.1 Å². The molecule has 19 heavy (non-hydrogen) atoms. The van der Waals surface area contributed by atoms with Crippen LogP contribution in [0, 0.1) is 0 Å². The lowest BCUT2D eigenvalue weighted by atomic mass is 10.1. The Kier molecular flexibility index (Phi) is 4.61. The summed E-state index contributed by atoms with van der Waals surface area (Å²) >= 11 is 11.6. The van der Waals surface area contributed by atoms with E-state index in [1.54, 1.807) is 42.5 Å². The Balaban J connectivity index is 2.20. The number of allylic oxidation sites excluding steroid dienone is 1. The monoisotopic (exact) mass is 291 g/mol. The minimum absolute atomic E-state index is 0.464. The molecule has 2 nitrogen and oxygen atoms in total. The van der Waals surface area contributed by atoms with E-state index in [2.05, 4.69) is 5.16 Å². The van der Waals surface area contributed by atoms with Crippen molar-refractivity contribution in [3.63, 3.8) is 0 Å². The summed E-state index contributed by atoms with van der Waals surface area (Å²) in [6.07, 6.45) is 3.58. The van der Waals surface area contributed by atoms with Crippen molar-refractivity contribution in [2.24, 2.45) is 5.16 Å². The molecule has 2 aromatic carbocycles. The van der Waals surface area contributed by atoms with Gasteiger partial charge >= 0.3 is 0 Å². The molecule has 0 atom stereocenters. The third kappa shape index (κ3) is 3.85. The number of hydrogen-bond donors (Lipinski definition) is 1. The van der Waals surface area contributed by atoms with Crippen molar-refractivity contribution < 1.29 is 5.21 Å². The fourth-order valence-corrected chi connectivity index (χ4v) is 1.81. The number of halogens is 2. The molecule has 96 valence electrons. The lowest BCUT2D eigenvalue weighted by molar-refractivity contribution is 0.320. The first-order valence-corrected chi connectivity index (χ1v) is 6.36. The van der Waals surface area contributed by atoms with Gasteiger partial charge < -0.3 is 5.21 Å². The second-order valence-corrected chi connectivity index (χ2v) is 4.75. The minimum atomic E-state index is 0.464. The van der Waals surface area contributed by atoms with E-state index in [1.807, 2.05) is 18.2 Å². The maximum absolute atomic E-state index is 9.05. The van der Waals surface area contributed by atoms with Gasteiger partial charge in [-0.1, -0.05) is 58.7 Å². The largest absolute Gasteiger partial charge is 0.410 e. The van der Waals surface area contributed by atoms with Crippen LogP contribution in [0.2, 0.25) is 10.0 Å². The maximum atomic E-state index is 9.05. The van der Waals surface area contributed by atoms with Crippen LogP contribution in [0.4, 0.5) is 0 Å². The molecule has 0 fully saturated rings. The fraction of sp³-hybridized carbons (Fsp3) is 0. The average Bonchev–Trinajstić information content (AvgIpc) is 2.43. The SMILES string of the molecule is O/N=C(\C=C\c1ccc(Cl)cc1)c1ccc(Cl)cc1. The Morgan fingerprint density at radius 2 is 1.42 bits per heavy atom. The molecule has 0 heterocycles. The van der Waals surface area contributed by atoms with Gasteiger partial charge in [0.05, 0.1) is 0 Å². The van der Waals surface area contributed by atoms with E-state index in [-0.39, 0.29) is 0 Å². The Morgan fingerprint density at radius 1 is 0.895 bits per heavy atom. The molecule has 2 rings (SSSR count). The summed E-state index contributed by atoms with van der Waals surface area (Å²) in [5.41, 5.74) is 2.23. The lowest BCUT2D eigenvalue weighted by Gasteiger charge is -2.00. The first-order valence-electron chi connectivity index (χ1n) is 5.60. The van der Waals surface area contributed by atoms with Gasteiger partial charge in [0.2, 0.25) is 0 Å². The second-order valence-electron chi connectivity index (χ2n) is 3.88. The normalized spacial score (nSPS) is 12.0. The molecule has 0 amide bonds. The summed E-state index contributed by atoms with van der Waals surface area (Å²) in [5, 5.41) is 13.7. The van der Waals surface area contributed by atoms with Crippen molar-refractivity contribution in [3.8, 4) is 0 Å². The van der Waals surface area contributed by atoms with Gasteiger partial charge in [-0.3, -0.25) is 0 Å². The van der Waals surface area contributed by atoms with Gasteiger partial charge in [-0.25, -0.2) is 0 Å². The van der Waals surface area contributed by atoms with Crippen LogP contribution in [0.1, 0.15) is 11.1 Å². The average molecular weight is 292 g/mol. The molecular weight excluding hydrogens is 281 g/mol. The van der Waals surface area contributed by atoms with Crippen LogP contribution in [0.15, 0.2) is 59.8 Å². The van der Waals surface area contributed by atoms with Crippen LogP contribution in [0.5, 0.6) is 0 Å². The molecule has 0 spiro atoms. The summed E-state index contributed by atoms with van der Waals surface area (Å²) in [5.74, 6) is 0.